The number of nitrogens with zero attached hydrogens (tertiary/aromatic N) is 1. The number of H-pyrrole nitrogens is 1. The van der Waals surface area contributed by atoms with Gasteiger partial charge in [0.05, 0.1) is 23.5 Å². The minimum absolute atomic E-state index is 0.0463. The first kappa shape index (κ1) is 32.4. The molecule has 11 nitrogen and oxygen atoms in total. The number of nitrogens with one attached hydrogen (secondary N) is 2. The number of aromatic nitrogens is 1. The van der Waals surface area contributed by atoms with Crippen LogP contribution >= 0.6 is 23.1 Å². The number of aromatic amines is 1. The molecule has 2 bridgehead atoms. The molecule has 3 N–H and O–H groups in total. The zero-order chi connectivity index (χ0) is 34.0. The van der Waals surface area contributed by atoms with Gasteiger partial charge in [0.2, 0.25) is 11.8 Å². The predicted octanol–water partition coefficient (Wildman–Crippen LogP) is 4.74. The second-order valence-electron chi connectivity index (χ2n) is 13.4. The minimum Gasteiger partial charge on any atom is -0.490 e. The molecular weight excluding hydrogens is 655 g/mol. The Bertz CT molecular complexity index is 1850. The number of benzene rings is 2. The van der Waals surface area contributed by atoms with Crippen molar-refractivity contribution >= 4 is 52.5 Å². The minimum atomic E-state index is -1.21. The fourth-order valence-electron chi connectivity index (χ4n) is 8.46. The molecule has 0 radical (unpaired) electrons. The number of ether oxygens (including phenoxy) is 2. The van der Waals surface area contributed by atoms with Crippen molar-refractivity contribution in [2.45, 2.75) is 56.4 Å². The van der Waals surface area contributed by atoms with Gasteiger partial charge < -0.3 is 24.9 Å². The lowest BCUT2D eigenvalue weighted by Gasteiger charge is -2.43. The SMILES string of the molecule is CCOc1cc([C@H]2c3sc(=O)[nH]c3SC3C4CC(C5C(=O)N(C(C(=O)O)C(C)C)C(=O)C45)C32)ccc1OCC(=O)Nc1ccc(C)cc1. The average molecular weight is 692 g/mol. The van der Waals surface area contributed by atoms with Crippen LogP contribution in [-0.2, 0) is 19.2 Å². The van der Waals surface area contributed by atoms with Gasteiger partial charge in [0.15, 0.2) is 18.1 Å². The molecule has 48 heavy (non-hydrogen) atoms. The molecule has 252 valence electrons. The van der Waals surface area contributed by atoms with Crippen LogP contribution in [0.1, 0.15) is 49.1 Å². The monoisotopic (exact) mass is 691 g/mol. The molecule has 0 spiro atoms. The number of carbonyl (C=O) groups excluding carboxylic acids is 3. The van der Waals surface area contributed by atoms with Crippen molar-refractivity contribution in [3.63, 3.8) is 0 Å². The number of anilines is 1. The molecule has 4 aliphatic rings. The number of hydrogen-bond acceptors (Lipinski definition) is 9. The van der Waals surface area contributed by atoms with Crippen LogP contribution in [0.3, 0.4) is 0 Å². The Morgan fingerprint density at radius 1 is 1.02 bits per heavy atom. The highest BCUT2D eigenvalue weighted by atomic mass is 32.2. The average Bonchev–Trinajstić information content (AvgIpc) is 3.77. The highest BCUT2D eigenvalue weighted by Crippen LogP contribution is 2.68. The van der Waals surface area contributed by atoms with E-state index in [2.05, 4.69) is 10.3 Å². The number of rotatable bonds is 10. The predicted molar refractivity (Wildman–Crippen MR) is 180 cm³/mol. The van der Waals surface area contributed by atoms with Gasteiger partial charge in [-0.3, -0.25) is 24.1 Å². The van der Waals surface area contributed by atoms with Crippen molar-refractivity contribution in [3.8, 4) is 11.5 Å². The van der Waals surface area contributed by atoms with Crippen LogP contribution in [0.4, 0.5) is 5.69 Å². The van der Waals surface area contributed by atoms with Crippen molar-refractivity contribution < 1.29 is 33.8 Å². The van der Waals surface area contributed by atoms with Gasteiger partial charge in [-0.15, -0.1) is 11.8 Å². The smallest absolute Gasteiger partial charge is 0.327 e. The van der Waals surface area contributed by atoms with E-state index in [1.54, 1.807) is 31.7 Å². The second-order valence-corrected chi connectivity index (χ2v) is 15.6. The lowest BCUT2D eigenvalue weighted by atomic mass is 9.68. The molecule has 2 aliphatic heterocycles. The largest absolute Gasteiger partial charge is 0.490 e. The Kier molecular flexibility index (Phi) is 8.39. The van der Waals surface area contributed by atoms with Crippen molar-refractivity contribution in [1.29, 1.82) is 0 Å². The van der Waals surface area contributed by atoms with Gasteiger partial charge in [-0.25, -0.2) is 4.79 Å². The summed E-state index contributed by atoms with van der Waals surface area (Å²) < 4.78 is 11.9. The van der Waals surface area contributed by atoms with Crippen LogP contribution in [0, 0.1) is 42.4 Å². The topological polar surface area (TPSA) is 155 Å². The Labute approximate surface area is 285 Å². The van der Waals surface area contributed by atoms with E-state index in [-0.39, 0.29) is 52.2 Å². The first-order valence-corrected chi connectivity index (χ1v) is 17.9. The number of thioether (sulfide) groups is 1. The van der Waals surface area contributed by atoms with Crippen LogP contribution in [0.15, 0.2) is 52.3 Å². The van der Waals surface area contributed by atoms with Crippen LogP contribution in [0.5, 0.6) is 11.5 Å². The molecule has 13 heteroatoms. The molecule has 2 aromatic carbocycles. The quantitative estimate of drug-likeness (QED) is 0.256. The zero-order valence-corrected chi connectivity index (χ0v) is 28.6. The third-order valence-electron chi connectivity index (χ3n) is 10.2. The van der Waals surface area contributed by atoms with Gasteiger partial charge in [-0.05, 0) is 73.8 Å². The maximum Gasteiger partial charge on any atom is 0.327 e. The summed E-state index contributed by atoms with van der Waals surface area (Å²) in [5.74, 6) is -3.62. The number of aliphatic carboxylic acids is 1. The van der Waals surface area contributed by atoms with Gasteiger partial charge >= 0.3 is 10.8 Å². The number of carbonyl (C=O) groups is 4. The normalized spacial score (nSPS) is 27.4. The number of likely N-dealkylation sites (tertiary alicyclic amines) is 1. The molecule has 3 aromatic rings. The van der Waals surface area contributed by atoms with Gasteiger partial charge in [0.1, 0.15) is 6.04 Å². The summed E-state index contributed by atoms with van der Waals surface area (Å²) in [4.78, 5) is 70.1. The summed E-state index contributed by atoms with van der Waals surface area (Å²) in [5, 5.41) is 13.5. The molecule has 1 aromatic heterocycles. The number of amides is 3. The summed E-state index contributed by atoms with van der Waals surface area (Å²) >= 11 is 2.72. The molecule has 3 fully saturated rings. The molecule has 1 saturated heterocycles. The van der Waals surface area contributed by atoms with E-state index >= 15 is 0 Å². The molecule has 8 atom stereocenters. The second kappa shape index (κ2) is 12.4. The number of fused-ring (bicyclic) bond motifs is 9. The third kappa shape index (κ3) is 5.31. The van der Waals surface area contributed by atoms with E-state index < -0.39 is 35.7 Å². The Hall–Kier alpha value is -4.10. The maximum atomic E-state index is 14.0. The van der Waals surface area contributed by atoms with E-state index in [4.69, 9.17) is 9.47 Å². The molecule has 7 unspecified atom stereocenters. The molecular formula is C35H37N3O8S2. The number of carboxylic acid groups (broad SMARTS) is 1. The fourth-order valence-corrected chi connectivity index (χ4v) is 11.4. The van der Waals surface area contributed by atoms with Crippen molar-refractivity contribution in [3.05, 3.63) is 68.1 Å². The van der Waals surface area contributed by atoms with E-state index in [0.29, 0.717) is 30.2 Å². The summed E-state index contributed by atoms with van der Waals surface area (Å²) in [7, 11) is 0. The molecule has 2 saturated carbocycles. The van der Waals surface area contributed by atoms with Crippen LogP contribution in [0.25, 0.3) is 0 Å². The van der Waals surface area contributed by atoms with E-state index in [0.717, 1.165) is 37.3 Å². The highest BCUT2D eigenvalue weighted by Gasteiger charge is 2.70. The van der Waals surface area contributed by atoms with E-state index in [9.17, 15) is 29.1 Å². The Morgan fingerprint density at radius 2 is 1.73 bits per heavy atom. The molecule has 2 aliphatic carbocycles. The lowest BCUT2D eigenvalue weighted by molar-refractivity contribution is -0.157. The first-order valence-electron chi connectivity index (χ1n) is 16.2. The van der Waals surface area contributed by atoms with Gasteiger partial charge in [0, 0.05) is 21.7 Å². The molecule has 3 heterocycles. The lowest BCUT2D eigenvalue weighted by Crippen LogP contribution is -2.49. The van der Waals surface area contributed by atoms with Crippen molar-refractivity contribution in [1.82, 2.24) is 9.88 Å². The summed E-state index contributed by atoms with van der Waals surface area (Å²) in [6.07, 6.45) is 0.688. The van der Waals surface area contributed by atoms with Gasteiger partial charge in [-0.1, -0.05) is 48.9 Å². The van der Waals surface area contributed by atoms with Crippen molar-refractivity contribution in [2.24, 2.45) is 35.5 Å². The molecule has 7 rings (SSSR count). The summed E-state index contributed by atoms with van der Waals surface area (Å²) in [5.41, 5.74) is 2.63. The Balaban J connectivity index is 1.19. The van der Waals surface area contributed by atoms with E-state index in [1.807, 2.05) is 50.2 Å². The fraction of sp³-hybridized carbons (Fsp3) is 0.457. The van der Waals surface area contributed by atoms with Crippen LogP contribution < -0.4 is 19.7 Å². The number of imide groups is 1. The summed E-state index contributed by atoms with van der Waals surface area (Å²) in [6, 6.07) is 11.8. The number of hydrogen-bond donors (Lipinski definition) is 3. The maximum absolute atomic E-state index is 14.0. The third-order valence-corrected chi connectivity index (χ3v) is 12.8. The van der Waals surface area contributed by atoms with Crippen LogP contribution in [0.2, 0.25) is 0 Å². The van der Waals surface area contributed by atoms with Gasteiger partial charge in [-0.2, -0.15) is 0 Å². The standard InChI is InChI=1S/C35H37N3O8S2/c1-5-45-22-12-17(8-11-21(22)46-14-23(39)36-18-9-6-16(4)7-10-18)24-25-19-13-20(29(25)47-31-30(24)48-35(44)37-31)27-26(19)32(40)38(33(27)41)28(15(2)3)34(42)43/h6-12,15,19-20,24-29H,5,13-14H2,1-4H3,(H,36,39)(H,37,44)(H,42,43)/t19?,20?,24-,25?,26?,27?,28?,29?/m1/s1. The molecule has 3 amide bonds. The van der Waals surface area contributed by atoms with Crippen LogP contribution in [-0.4, -0.2) is 63.2 Å². The van der Waals surface area contributed by atoms with Crippen molar-refractivity contribution in [2.75, 3.05) is 18.5 Å². The highest BCUT2D eigenvalue weighted by molar-refractivity contribution is 8.00. The van der Waals surface area contributed by atoms with Gasteiger partial charge in [0.25, 0.3) is 5.91 Å². The first-order chi connectivity index (χ1) is 23.0. The Morgan fingerprint density at radius 3 is 2.40 bits per heavy atom. The summed E-state index contributed by atoms with van der Waals surface area (Å²) in [6.45, 7) is 7.37. The number of thiazole rings is 1. The number of carboxylic acids is 1. The van der Waals surface area contributed by atoms with E-state index in [1.165, 1.54) is 0 Å². The zero-order valence-electron chi connectivity index (χ0n) is 26.9. The number of aryl methyl sites for hydroxylation is 1.